The molecule has 0 saturated heterocycles. The fraction of sp³-hybridized carbons (Fsp3) is 0.273. The highest BCUT2D eigenvalue weighted by Crippen LogP contribution is 2.15. The molecule has 3 nitrogen and oxygen atoms in total. The van der Waals surface area contributed by atoms with Crippen molar-refractivity contribution >= 4 is 5.91 Å². The SMILES string of the molecule is C=CCN1CCc2cccnc2C1=O. The van der Waals surface area contributed by atoms with E-state index in [-0.39, 0.29) is 5.91 Å². The molecule has 2 heterocycles. The minimum absolute atomic E-state index is 0.0201. The minimum Gasteiger partial charge on any atom is -0.333 e. The molecule has 0 atom stereocenters. The summed E-state index contributed by atoms with van der Waals surface area (Å²) in [5, 5.41) is 0. The van der Waals surface area contributed by atoms with Crippen LogP contribution in [0.3, 0.4) is 0 Å². The van der Waals surface area contributed by atoms with Gasteiger partial charge in [0, 0.05) is 19.3 Å². The van der Waals surface area contributed by atoms with Gasteiger partial charge in [-0.3, -0.25) is 9.78 Å². The van der Waals surface area contributed by atoms with Crippen molar-refractivity contribution in [3.8, 4) is 0 Å². The Morgan fingerprint density at radius 3 is 3.29 bits per heavy atom. The zero-order chi connectivity index (χ0) is 9.97. The molecule has 3 heteroatoms. The van der Waals surface area contributed by atoms with Gasteiger partial charge >= 0.3 is 0 Å². The van der Waals surface area contributed by atoms with Crippen molar-refractivity contribution in [2.75, 3.05) is 13.1 Å². The average molecular weight is 188 g/mol. The molecule has 1 aromatic heterocycles. The molecular weight excluding hydrogens is 176 g/mol. The van der Waals surface area contributed by atoms with Gasteiger partial charge in [-0.25, -0.2) is 0 Å². The van der Waals surface area contributed by atoms with Crippen LogP contribution >= 0.6 is 0 Å². The van der Waals surface area contributed by atoms with Crippen LogP contribution in [-0.2, 0) is 6.42 Å². The molecule has 14 heavy (non-hydrogen) atoms. The third-order valence-corrected chi connectivity index (χ3v) is 2.38. The van der Waals surface area contributed by atoms with Crippen molar-refractivity contribution in [2.45, 2.75) is 6.42 Å². The summed E-state index contributed by atoms with van der Waals surface area (Å²) in [6.07, 6.45) is 4.29. The maximum atomic E-state index is 11.8. The summed E-state index contributed by atoms with van der Waals surface area (Å²) < 4.78 is 0. The number of amides is 1. The van der Waals surface area contributed by atoms with Gasteiger partial charge in [0.05, 0.1) is 0 Å². The molecule has 0 spiro atoms. The van der Waals surface area contributed by atoms with E-state index in [2.05, 4.69) is 11.6 Å². The summed E-state index contributed by atoms with van der Waals surface area (Å²) in [7, 11) is 0. The molecule has 72 valence electrons. The van der Waals surface area contributed by atoms with E-state index < -0.39 is 0 Å². The number of pyridine rings is 1. The topological polar surface area (TPSA) is 33.2 Å². The molecule has 2 rings (SSSR count). The Hall–Kier alpha value is -1.64. The number of nitrogens with zero attached hydrogens (tertiary/aromatic N) is 2. The van der Waals surface area contributed by atoms with Crippen molar-refractivity contribution in [3.05, 3.63) is 42.2 Å². The molecule has 0 bridgehead atoms. The van der Waals surface area contributed by atoms with E-state index in [9.17, 15) is 4.79 Å². The summed E-state index contributed by atoms with van der Waals surface area (Å²) in [5.41, 5.74) is 1.65. The Kier molecular flexibility index (Phi) is 2.31. The van der Waals surface area contributed by atoms with Gasteiger partial charge in [-0.1, -0.05) is 12.1 Å². The molecule has 0 unspecified atom stereocenters. The first-order chi connectivity index (χ1) is 6.83. The number of hydrogen-bond donors (Lipinski definition) is 0. The van der Waals surface area contributed by atoms with Gasteiger partial charge in [-0.2, -0.15) is 0 Å². The highest BCUT2D eigenvalue weighted by atomic mass is 16.2. The lowest BCUT2D eigenvalue weighted by Crippen LogP contribution is -2.38. The second-order valence-electron chi connectivity index (χ2n) is 3.30. The number of hydrogen-bond acceptors (Lipinski definition) is 2. The number of carbonyl (C=O) groups excluding carboxylic acids is 1. The fourth-order valence-corrected chi connectivity index (χ4v) is 1.67. The summed E-state index contributed by atoms with van der Waals surface area (Å²) in [6.45, 7) is 5.00. The van der Waals surface area contributed by atoms with Crippen LogP contribution in [0.1, 0.15) is 16.1 Å². The molecule has 0 saturated carbocycles. The maximum Gasteiger partial charge on any atom is 0.273 e. The summed E-state index contributed by atoms with van der Waals surface area (Å²) in [5.74, 6) is 0.0201. The van der Waals surface area contributed by atoms with Crippen LogP contribution in [-0.4, -0.2) is 28.9 Å². The zero-order valence-electron chi connectivity index (χ0n) is 7.94. The molecule has 0 N–H and O–H groups in total. The molecular formula is C11H12N2O. The van der Waals surface area contributed by atoms with Crippen molar-refractivity contribution in [1.82, 2.24) is 9.88 Å². The van der Waals surface area contributed by atoms with Gasteiger partial charge in [0.25, 0.3) is 5.91 Å². The Bertz CT molecular complexity index is 373. The first-order valence-electron chi connectivity index (χ1n) is 4.67. The molecule has 0 aromatic carbocycles. The third-order valence-electron chi connectivity index (χ3n) is 2.38. The molecule has 0 radical (unpaired) electrons. The van der Waals surface area contributed by atoms with Gasteiger partial charge < -0.3 is 4.90 Å². The van der Waals surface area contributed by atoms with Gasteiger partial charge in [-0.15, -0.1) is 6.58 Å². The first-order valence-corrected chi connectivity index (χ1v) is 4.67. The second-order valence-corrected chi connectivity index (χ2v) is 3.30. The Morgan fingerprint density at radius 2 is 2.50 bits per heavy atom. The zero-order valence-corrected chi connectivity index (χ0v) is 7.94. The third kappa shape index (κ3) is 1.41. The van der Waals surface area contributed by atoms with Crippen LogP contribution in [0.15, 0.2) is 31.0 Å². The van der Waals surface area contributed by atoms with E-state index in [1.807, 2.05) is 12.1 Å². The Labute approximate surface area is 83.1 Å². The second kappa shape index (κ2) is 3.62. The van der Waals surface area contributed by atoms with Gasteiger partial charge in [0.15, 0.2) is 0 Å². The van der Waals surface area contributed by atoms with Crippen LogP contribution in [0.4, 0.5) is 0 Å². The van der Waals surface area contributed by atoms with E-state index >= 15 is 0 Å². The van der Waals surface area contributed by atoms with E-state index in [1.54, 1.807) is 17.2 Å². The summed E-state index contributed by atoms with van der Waals surface area (Å²) in [6, 6.07) is 3.83. The lowest BCUT2D eigenvalue weighted by atomic mass is 10.0. The van der Waals surface area contributed by atoms with Gasteiger partial charge in [0.1, 0.15) is 5.69 Å². The van der Waals surface area contributed by atoms with E-state index in [4.69, 9.17) is 0 Å². The van der Waals surface area contributed by atoms with E-state index in [0.29, 0.717) is 12.2 Å². The molecule has 1 aliphatic rings. The highest BCUT2D eigenvalue weighted by Gasteiger charge is 2.23. The lowest BCUT2D eigenvalue weighted by Gasteiger charge is -2.26. The Morgan fingerprint density at radius 1 is 1.64 bits per heavy atom. The van der Waals surface area contributed by atoms with Crippen LogP contribution in [0.5, 0.6) is 0 Å². The van der Waals surface area contributed by atoms with Gasteiger partial charge in [-0.05, 0) is 18.1 Å². The number of rotatable bonds is 2. The molecule has 1 amide bonds. The van der Waals surface area contributed by atoms with E-state index in [0.717, 1.165) is 18.5 Å². The van der Waals surface area contributed by atoms with Crippen LogP contribution in [0, 0.1) is 0 Å². The quantitative estimate of drug-likeness (QED) is 0.655. The standard InChI is InChI=1S/C11H12N2O/c1-2-7-13-8-5-9-4-3-6-12-10(9)11(13)14/h2-4,6H,1,5,7-8H2. The predicted molar refractivity (Wildman–Crippen MR) is 54.0 cm³/mol. The fourth-order valence-electron chi connectivity index (χ4n) is 1.67. The smallest absolute Gasteiger partial charge is 0.273 e. The maximum absolute atomic E-state index is 11.8. The summed E-state index contributed by atoms with van der Waals surface area (Å²) >= 11 is 0. The van der Waals surface area contributed by atoms with Crippen LogP contribution in [0.2, 0.25) is 0 Å². The molecule has 1 aromatic rings. The minimum atomic E-state index is 0.0201. The van der Waals surface area contributed by atoms with Crippen molar-refractivity contribution in [3.63, 3.8) is 0 Å². The molecule has 1 aliphatic heterocycles. The number of carbonyl (C=O) groups is 1. The number of fused-ring (bicyclic) bond motifs is 1. The van der Waals surface area contributed by atoms with Crippen LogP contribution in [0.25, 0.3) is 0 Å². The van der Waals surface area contributed by atoms with Crippen molar-refractivity contribution in [2.24, 2.45) is 0 Å². The van der Waals surface area contributed by atoms with Gasteiger partial charge in [0.2, 0.25) is 0 Å². The first kappa shape index (κ1) is 8.94. The largest absolute Gasteiger partial charge is 0.333 e. The monoisotopic (exact) mass is 188 g/mol. The summed E-state index contributed by atoms with van der Waals surface area (Å²) in [4.78, 5) is 17.7. The predicted octanol–water partition coefficient (Wildman–Crippen LogP) is 1.27. The molecule has 0 fully saturated rings. The highest BCUT2D eigenvalue weighted by molar-refractivity contribution is 5.94. The van der Waals surface area contributed by atoms with Crippen molar-refractivity contribution < 1.29 is 4.79 Å². The van der Waals surface area contributed by atoms with E-state index in [1.165, 1.54) is 0 Å². The normalized spacial score (nSPS) is 15.1. The average Bonchev–Trinajstić information content (AvgIpc) is 2.23. The number of aromatic nitrogens is 1. The van der Waals surface area contributed by atoms with Crippen molar-refractivity contribution in [1.29, 1.82) is 0 Å². The Balaban J connectivity index is 2.31. The lowest BCUT2D eigenvalue weighted by molar-refractivity contribution is 0.0752. The molecule has 0 aliphatic carbocycles. The van der Waals surface area contributed by atoms with Crippen LogP contribution < -0.4 is 0 Å².